The lowest BCUT2D eigenvalue weighted by molar-refractivity contribution is 0.0954. The summed E-state index contributed by atoms with van der Waals surface area (Å²) in [6, 6.07) is 10.7. The van der Waals surface area contributed by atoms with Crippen molar-refractivity contribution in [2.45, 2.75) is 6.92 Å². The van der Waals surface area contributed by atoms with Gasteiger partial charge in [-0.05, 0) is 25.1 Å². The molecule has 0 saturated heterocycles. The number of carbonyl (C=O) groups is 1. The Morgan fingerprint density at radius 2 is 2.05 bits per heavy atom. The smallest absolute Gasteiger partial charge is 0.267 e. The molecule has 0 spiro atoms. The molecule has 0 unspecified atom stereocenters. The molecule has 96 valence electrons. The molecular weight excluding hydrogens is 262 g/mol. The van der Waals surface area contributed by atoms with Gasteiger partial charge in [0.15, 0.2) is 0 Å². The fourth-order valence-corrected chi connectivity index (χ4v) is 1.78. The van der Waals surface area contributed by atoms with E-state index >= 15 is 0 Å². The first kappa shape index (κ1) is 13.2. The Bertz CT molecular complexity index is 611. The van der Waals surface area contributed by atoms with Gasteiger partial charge in [-0.3, -0.25) is 9.78 Å². The lowest BCUT2D eigenvalue weighted by Gasteiger charge is -2.04. The number of pyridine rings is 1. The SMILES string of the molecule is C/C(=N\NC(=O)c1cccnc1)c1ccccc1Cl. The third-order valence-electron chi connectivity index (χ3n) is 2.51. The van der Waals surface area contributed by atoms with Crippen LogP contribution in [0.5, 0.6) is 0 Å². The molecule has 0 fully saturated rings. The van der Waals surface area contributed by atoms with Crippen LogP contribution in [-0.4, -0.2) is 16.6 Å². The Kier molecular flexibility index (Phi) is 4.26. The molecule has 1 N–H and O–H groups in total. The fraction of sp³-hybridized carbons (Fsp3) is 0.0714. The minimum absolute atomic E-state index is 0.306. The highest BCUT2D eigenvalue weighted by Crippen LogP contribution is 2.15. The standard InChI is InChI=1S/C14H12ClN3O/c1-10(12-6-2-3-7-13(12)15)17-18-14(19)11-5-4-8-16-9-11/h2-9H,1H3,(H,18,19)/b17-10+. The molecule has 1 heterocycles. The number of carbonyl (C=O) groups excluding carboxylic acids is 1. The van der Waals surface area contributed by atoms with Crippen LogP contribution in [0.25, 0.3) is 0 Å². The largest absolute Gasteiger partial charge is 0.272 e. The van der Waals surface area contributed by atoms with E-state index in [-0.39, 0.29) is 5.91 Å². The van der Waals surface area contributed by atoms with Gasteiger partial charge in [-0.15, -0.1) is 0 Å². The van der Waals surface area contributed by atoms with Crippen molar-refractivity contribution in [3.63, 3.8) is 0 Å². The summed E-state index contributed by atoms with van der Waals surface area (Å²) >= 11 is 6.05. The van der Waals surface area contributed by atoms with Crippen LogP contribution in [0.15, 0.2) is 53.9 Å². The monoisotopic (exact) mass is 273 g/mol. The number of amides is 1. The first-order valence-electron chi connectivity index (χ1n) is 5.68. The minimum atomic E-state index is -0.306. The highest BCUT2D eigenvalue weighted by molar-refractivity contribution is 6.34. The Morgan fingerprint density at radius 1 is 1.26 bits per heavy atom. The summed E-state index contributed by atoms with van der Waals surface area (Å²) in [6.45, 7) is 1.78. The Morgan fingerprint density at radius 3 is 2.74 bits per heavy atom. The lowest BCUT2D eigenvalue weighted by Crippen LogP contribution is -2.19. The zero-order valence-corrected chi connectivity index (χ0v) is 11.1. The molecule has 4 nitrogen and oxygen atoms in total. The topological polar surface area (TPSA) is 54.4 Å². The zero-order valence-electron chi connectivity index (χ0n) is 10.3. The maximum Gasteiger partial charge on any atom is 0.272 e. The molecule has 2 rings (SSSR count). The van der Waals surface area contributed by atoms with Crippen molar-refractivity contribution in [1.82, 2.24) is 10.4 Å². The lowest BCUT2D eigenvalue weighted by atomic mass is 10.1. The van der Waals surface area contributed by atoms with Crippen molar-refractivity contribution in [3.8, 4) is 0 Å². The summed E-state index contributed by atoms with van der Waals surface area (Å²) in [4.78, 5) is 15.6. The van der Waals surface area contributed by atoms with E-state index in [1.807, 2.05) is 18.2 Å². The van der Waals surface area contributed by atoms with E-state index < -0.39 is 0 Å². The number of benzene rings is 1. The number of aromatic nitrogens is 1. The predicted molar refractivity (Wildman–Crippen MR) is 75.4 cm³/mol. The number of rotatable bonds is 3. The molecule has 0 radical (unpaired) electrons. The summed E-state index contributed by atoms with van der Waals surface area (Å²) in [6.07, 6.45) is 3.09. The van der Waals surface area contributed by atoms with E-state index in [9.17, 15) is 4.79 Å². The van der Waals surface area contributed by atoms with Crippen LogP contribution in [0.4, 0.5) is 0 Å². The van der Waals surface area contributed by atoms with Crippen molar-refractivity contribution in [3.05, 3.63) is 64.9 Å². The van der Waals surface area contributed by atoms with Crippen molar-refractivity contribution >= 4 is 23.2 Å². The maximum absolute atomic E-state index is 11.8. The van der Waals surface area contributed by atoms with E-state index in [0.29, 0.717) is 16.3 Å². The van der Waals surface area contributed by atoms with Gasteiger partial charge in [-0.1, -0.05) is 29.8 Å². The van der Waals surface area contributed by atoms with Gasteiger partial charge < -0.3 is 0 Å². The number of hydrogen-bond donors (Lipinski definition) is 1. The summed E-state index contributed by atoms with van der Waals surface area (Å²) in [5, 5.41) is 4.63. The second-order valence-corrected chi connectivity index (χ2v) is 4.27. The molecule has 0 aliphatic carbocycles. The van der Waals surface area contributed by atoms with Gasteiger partial charge in [0.2, 0.25) is 0 Å². The highest BCUT2D eigenvalue weighted by Gasteiger charge is 2.05. The third-order valence-corrected chi connectivity index (χ3v) is 2.84. The van der Waals surface area contributed by atoms with Gasteiger partial charge in [-0.2, -0.15) is 5.10 Å². The summed E-state index contributed by atoms with van der Waals surface area (Å²) in [7, 11) is 0. The van der Waals surface area contributed by atoms with Crippen LogP contribution in [0.3, 0.4) is 0 Å². The molecule has 19 heavy (non-hydrogen) atoms. The number of nitrogens with zero attached hydrogens (tertiary/aromatic N) is 2. The molecule has 5 heteroatoms. The van der Waals surface area contributed by atoms with Gasteiger partial charge in [0.25, 0.3) is 5.91 Å². The fourth-order valence-electron chi connectivity index (χ4n) is 1.51. The maximum atomic E-state index is 11.8. The Hall–Kier alpha value is -2.20. The average molecular weight is 274 g/mol. The molecule has 1 amide bonds. The first-order chi connectivity index (χ1) is 9.18. The number of halogens is 1. The van der Waals surface area contributed by atoms with Crippen LogP contribution in [0.1, 0.15) is 22.8 Å². The van der Waals surface area contributed by atoms with Crippen molar-refractivity contribution < 1.29 is 4.79 Å². The number of hydrazone groups is 1. The first-order valence-corrected chi connectivity index (χ1v) is 6.06. The molecule has 0 atom stereocenters. The molecule has 0 saturated carbocycles. The summed E-state index contributed by atoms with van der Waals surface area (Å²) in [5.74, 6) is -0.306. The quantitative estimate of drug-likeness (QED) is 0.690. The van der Waals surface area contributed by atoms with E-state index in [2.05, 4.69) is 15.5 Å². The van der Waals surface area contributed by atoms with E-state index in [4.69, 9.17) is 11.6 Å². The molecule has 2 aromatic rings. The molecular formula is C14H12ClN3O. The second-order valence-electron chi connectivity index (χ2n) is 3.86. The minimum Gasteiger partial charge on any atom is -0.267 e. The van der Waals surface area contributed by atoms with Crippen LogP contribution < -0.4 is 5.43 Å². The summed E-state index contributed by atoms with van der Waals surface area (Å²) in [5.41, 5.74) is 4.36. The van der Waals surface area contributed by atoms with Crippen LogP contribution >= 0.6 is 11.6 Å². The molecule has 0 bridgehead atoms. The number of hydrogen-bond acceptors (Lipinski definition) is 3. The molecule has 0 aliphatic heterocycles. The molecule has 0 aliphatic rings. The van der Waals surface area contributed by atoms with E-state index in [0.717, 1.165) is 5.56 Å². The summed E-state index contributed by atoms with van der Waals surface area (Å²) < 4.78 is 0. The number of nitrogens with one attached hydrogen (secondary N) is 1. The van der Waals surface area contributed by atoms with Gasteiger partial charge in [0.1, 0.15) is 0 Å². The van der Waals surface area contributed by atoms with E-state index in [1.165, 1.54) is 6.20 Å². The van der Waals surface area contributed by atoms with Gasteiger partial charge in [0.05, 0.1) is 11.3 Å². The normalized spacial score (nSPS) is 11.2. The zero-order chi connectivity index (χ0) is 13.7. The van der Waals surface area contributed by atoms with Crippen molar-refractivity contribution in [2.75, 3.05) is 0 Å². The van der Waals surface area contributed by atoms with Crippen molar-refractivity contribution in [1.29, 1.82) is 0 Å². The third kappa shape index (κ3) is 3.39. The van der Waals surface area contributed by atoms with Gasteiger partial charge >= 0.3 is 0 Å². The second kappa shape index (κ2) is 6.11. The highest BCUT2D eigenvalue weighted by atomic mass is 35.5. The van der Waals surface area contributed by atoms with Crippen molar-refractivity contribution in [2.24, 2.45) is 5.10 Å². The van der Waals surface area contributed by atoms with E-state index in [1.54, 1.807) is 31.3 Å². The van der Waals surface area contributed by atoms with Gasteiger partial charge in [0, 0.05) is 23.0 Å². The van der Waals surface area contributed by atoms with Crippen LogP contribution in [-0.2, 0) is 0 Å². The van der Waals surface area contributed by atoms with Crippen LogP contribution in [0, 0.1) is 0 Å². The van der Waals surface area contributed by atoms with Crippen LogP contribution in [0.2, 0.25) is 5.02 Å². The Labute approximate surface area is 116 Å². The molecule has 1 aromatic heterocycles. The average Bonchev–Trinajstić information content (AvgIpc) is 2.46. The van der Waals surface area contributed by atoms with Gasteiger partial charge in [-0.25, -0.2) is 5.43 Å². The Balaban J connectivity index is 2.11. The molecule has 1 aromatic carbocycles. The predicted octanol–water partition coefficient (Wildman–Crippen LogP) is 2.89.